The zero-order chi connectivity index (χ0) is 22.2. The van der Waals surface area contributed by atoms with Crippen molar-refractivity contribution in [2.75, 3.05) is 17.2 Å². The van der Waals surface area contributed by atoms with E-state index >= 15 is 0 Å². The van der Waals surface area contributed by atoms with E-state index < -0.39 is 0 Å². The van der Waals surface area contributed by atoms with Crippen molar-refractivity contribution < 1.29 is 14.3 Å². The van der Waals surface area contributed by atoms with Gasteiger partial charge in [0.05, 0.1) is 6.61 Å². The Balaban J connectivity index is 1.55. The molecular weight excluding hydrogens is 434 g/mol. The van der Waals surface area contributed by atoms with Gasteiger partial charge >= 0.3 is 0 Å². The first-order valence-electron chi connectivity index (χ1n) is 9.47. The maximum absolute atomic E-state index is 12.4. The minimum Gasteiger partial charge on any atom is -0.494 e. The molecular formula is C23H20ClN3O3S. The lowest BCUT2D eigenvalue weighted by molar-refractivity contribution is 0.0976. The number of ether oxygens (including phenoxy) is 1. The highest BCUT2D eigenvalue weighted by Crippen LogP contribution is 2.17. The molecule has 3 rings (SSSR count). The molecule has 0 radical (unpaired) electrons. The average molecular weight is 454 g/mol. The number of carbonyl (C=O) groups is 2. The van der Waals surface area contributed by atoms with E-state index in [-0.39, 0.29) is 16.9 Å². The molecule has 0 saturated heterocycles. The first-order chi connectivity index (χ1) is 14.9. The minimum absolute atomic E-state index is 0.155. The molecule has 8 heteroatoms. The summed E-state index contributed by atoms with van der Waals surface area (Å²) in [6, 6.07) is 20.5. The van der Waals surface area contributed by atoms with Crippen LogP contribution in [-0.2, 0) is 0 Å². The lowest BCUT2D eigenvalue weighted by Gasteiger charge is -2.11. The van der Waals surface area contributed by atoms with E-state index in [1.165, 1.54) is 0 Å². The Morgan fingerprint density at radius 2 is 1.48 bits per heavy atom. The SMILES string of the molecule is CCOc1cccc(C(=O)NC(=S)Nc2ccc(NC(=O)c3cccc(Cl)c3)cc2)c1. The van der Waals surface area contributed by atoms with Crippen LogP contribution >= 0.6 is 23.8 Å². The van der Waals surface area contributed by atoms with E-state index in [4.69, 9.17) is 28.6 Å². The van der Waals surface area contributed by atoms with Crippen LogP contribution in [0.2, 0.25) is 5.02 Å². The fourth-order valence-corrected chi connectivity index (χ4v) is 3.10. The molecule has 6 nitrogen and oxygen atoms in total. The maximum Gasteiger partial charge on any atom is 0.257 e. The number of rotatable bonds is 6. The molecule has 0 aliphatic heterocycles. The Kier molecular flexibility index (Phi) is 7.59. The third-order valence-electron chi connectivity index (χ3n) is 4.12. The molecule has 0 saturated carbocycles. The standard InChI is InChI=1S/C23H20ClN3O3S/c1-2-30-20-8-4-6-16(14-20)22(29)27-23(31)26-19-11-9-18(10-12-19)25-21(28)15-5-3-7-17(24)13-15/h3-14H,2H2,1H3,(H,25,28)(H2,26,27,29,31). The van der Waals surface area contributed by atoms with Crippen molar-refractivity contribution in [2.45, 2.75) is 6.92 Å². The van der Waals surface area contributed by atoms with Gasteiger partial charge in [0.1, 0.15) is 5.75 Å². The quantitative estimate of drug-likeness (QED) is 0.451. The largest absolute Gasteiger partial charge is 0.494 e. The summed E-state index contributed by atoms with van der Waals surface area (Å²) in [5.41, 5.74) is 2.17. The first-order valence-corrected chi connectivity index (χ1v) is 10.3. The molecule has 0 atom stereocenters. The van der Waals surface area contributed by atoms with Crippen molar-refractivity contribution in [3.8, 4) is 5.75 Å². The van der Waals surface area contributed by atoms with Crippen molar-refractivity contribution in [3.05, 3.63) is 88.9 Å². The van der Waals surface area contributed by atoms with Crippen LogP contribution in [0.4, 0.5) is 11.4 Å². The van der Waals surface area contributed by atoms with Crippen LogP contribution in [0.3, 0.4) is 0 Å². The lowest BCUT2D eigenvalue weighted by atomic mass is 10.2. The van der Waals surface area contributed by atoms with Crippen LogP contribution < -0.4 is 20.7 Å². The maximum atomic E-state index is 12.4. The van der Waals surface area contributed by atoms with Gasteiger partial charge in [0.15, 0.2) is 5.11 Å². The van der Waals surface area contributed by atoms with Crippen LogP contribution in [0.5, 0.6) is 5.75 Å². The zero-order valence-corrected chi connectivity index (χ0v) is 18.2. The molecule has 3 aromatic carbocycles. The molecule has 0 aliphatic carbocycles. The Hall–Kier alpha value is -3.42. The second kappa shape index (κ2) is 10.6. The fourth-order valence-electron chi connectivity index (χ4n) is 2.70. The Labute approximate surface area is 190 Å². The third kappa shape index (κ3) is 6.53. The van der Waals surface area contributed by atoms with Gasteiger partial charge in [-0.2, -0.15) is 0 Å². The predicted octanol–water partition coefficient (Wildman–Crippen LogP) is 5.12. The molecule has 3 aromatic rings. The Morgan fingerprint density at radius 3 is 2.13 bits per heavy atom. The monoisotopic (exact) mass is 453 g/mol. The van der Waals surface area contributed by atoms with Crippen LogP contribution in [-0.4, -0.2) is 23.5 Å². The number of halogens is 1. The van der Waals surface area contributed by atoms with Crippen molar-refractivity contribution in [1.82, 2.24) is 5.32 Å². The average Bonchev–Trinajstić information content (AvgIpc) is 2.75. The van der Waals surface area contributed by atoms with E-state index in [1.807, 2.05) is 6.92 Å². The zero-order valence-electron chi connectivity index (χ0n) is 16.6. The van der Waals surface area contributed by atoms with Gasteiger partial charge < -0.3 is 15.4 Å². The molecule has 2 amide bonds. The van der Waals surface area contributed by atoms with Crippen molar-refractivity contribution in [2.24, 2.45) is 0 Å². The highest BCUT2D eigenvalue weighted by Gasteiger charge is 2.10. The molecule has 0 fully saturated rings. The third-order valence-corrected chi connectivity index (χ3v) is 4.56. The predicted molar refractivity (Wildman–Crippen MR) is 127 cm³/mol. The van der Waals surface area contributed by atoms with Crippen LogP contribution in [0.15, 0.2) is 72.8 Å². The van der Waals surface area contributed by atoms with Crippen molar-refractivity contribution >= 4 is 52.1 Å². The second-order valence-electron chi connectivity index (χ2n) is 6.41. The summed E-state index contributed by atoms with van der Waals surface area (Å²) in [5.74, 6) is 0.00849. The molecule has 0 spiro atoms. The minimum atomic E-state index is -0.343. The molecule has 0 heterocycles. The number of hydrogen-bond acceptors (Lipinski definition) is 4. The summed E-state index contributed by atoms with van der Waals surface area (Å²) < 4.78 is 5.41. The van der Waals surface area contributed by atoms with E-state index in [0.717, 1.165) is 0 Å². The molecule has 158 valence electrons. The van der Waals surface area contributed by atoms with E-state index in [2.05, 4.69) is 16.0 Å². The number of amides is 2. The number of thiocarbonyl (C=S) groups is 1. The Morgan fingerprint density at radius 1 is 0.871 bits per heavy atom. The Bertz CT molecular complexity index is 1100. The van der Waals surface area contributed by atoms with Gasteiger partial charge in [0.25, 0.3) is 11.8 Å². The summed E-state index contributed by atoms with van der Waals surface area (Å²) in [5, 5.41) is 9.01. The van der Waals surface area contributed by atoms with E-state index in [9.17, 15) is 9.59 Å². The summed E-state index contributed by atoms with van der Waals surface area (Å²) >= 11 is 11.1. The first kappa shape index (κ1) is 22.3. The second-order valence-corrected chi connectivity index (χ2v) is 7.26. The fraction of sp³-hybridized carbons (Fsp3) is 0.0870. The smallest absolute Gasteiger partial charge is 0.257 e. The highest BCUT2D eigenvalue weighted by atomic mass is 35.5. The van der Waals surface area contributed by atoms with Crippen LogP contribution in [0, 0.1) is 0 Å². The van der Waals surface area contributed by atoms with E-state index in [0.29, 0.717) is 39.9 Å². The molecule has 0 aromatic heterocycles. The van der Waals surface area contributed by atoms with Gasteiger partial charge in [-0.1, -0.05) is 23.7 Å². The van der Waals surface area contributed by atoms with E-state index in [1.54, 1.807) is 72.8 Å². The molecule has 0 aliphatic rings. The van der Waals surface area contributed by atoms with Gasteiger partial charge in [-0.05, 0) is 79.8 Å². The topological polar surface area (TPSA) is 79.5 Å². The van der Waals surface area contributed by atoms with Gasteiger partial charge in [0, 0.05) is 27.5 Å². The summed E-state index contributed by atoms with van der Waals surface area (Å²) in [6.07, 6.45) is 0. The molecule has 3 N–H and O–H groups in total. The molecule has 31 heavy (non-hydrogen) atoms. The van der Waals surface area contributed by atoms with Gasteiger partial charge in [-0.15, -0.1) is 0 Å². The van der Waals surface area contributed by atoms with Gasteiger partial charge in [-0.25, -0.2) is 0 Å². The number of nitrogens with one attached hydrogen (secondary N) is 3. The number of hydrogen-bond donors (Lipinski definition) is 3. The van der Waals surface area contributed by atoms with Crippen LogP contribution in [0.25, 0.3) is 0 Å². The number of anilines is 2. The van der Waals surface area contributed by atoms with Crippen molar-refractivity contribution in [1.29, 1.82) is 0 Å². The molecule has 0 bridgehead atoms. The molecule has 0 unspecified atom stereocenters. The lowest BCUT2D eigenvalue weighted by Crippen LogP contribution is -2.34. The normalized spacial score (nSPS) is 10.1. The van der Waals surface area contributed by atoms with Gasteiger partial charge in [0.2, 0.25) is 0 Å². The van der Waals surface area contributed by atoms with Gasteiger partial charge in [-0.3, -0.25) is 14.9 Å². The van der Waals surface area contributed by atoms with Crippen LogP contribution in [0.1, 0.15) is 27.6 Å². The summed E-state index contributed by atoms with van der Waals surface area (Å²) in [4.78, 5) is 24.7. The highest BCUT2D eigenvalue weighted by molar-refractivity contribution is 7.80. The summed E-state index contributed by atoms with van der Waals surface area (Å²) in [6.45, 7) is 2.39. The summed E-state index contributed by atoms with van der Waals surface area (Å²) in [7, 11) is 0. The number of benzene rings is 3. The van der Waals surface area contributed by atoms with Crippen molar-refractivity contribution in [3.63, 3.8) is 0 Å². The number of carbonyl (C=O) groups excluding carboxylic acids is 2.